The molecule has 1 aliphatic heterocycles. The minimum absolute atomic E-state index is 0.0558. The second kappa shape index (κ2) is 12.6. The van der Waals surface area contributed by atoms with Crippen molar-refractivity contribution in [2.24, 2.45) is 0 Å². The number of Topliss-reactive ketones (excluding diaryl/α,β-unsaturated/α-hetero) is 1. The van der Waals surface area contributed by atoms with Gasteiger partial charge in [0.05, 0.1) is 38.0 Å². The van der Waals surface area contributed by atoms with Gasteiger partial charge in [-0.15, -0.1) is 11.3 Å². The highest BCUT2D eigenvalue weighted by molar-refractivity contribution is 7.20. The molecule has 1 aromatic carbocycles. The predicted octanol–water partition coefficient (Wildman–Crippen LogP) is 3.61. The van der Waals surface area contributed by atoms with Crippen molar-refractivity contribution < 1.29 is 48.7 Å². The summed E-state index contributed by atoms with van der Waals surface area (Å²) in [6.45, 7) is 1.07. The second-order valence-electron chi connectivity index (χ2n) is 9.10. The van der Waals surface area contributed by atoms with Crippen molar-refractivity contribution >= 4 is 45.2 Å². The number of nitrogens with zero attached hydrogens (tertiary/aromatic N) is 2. The molecule has 13 heteroatoms. The van der Waals surface area contributed by atoms with E-state index in [0.29, 0.717) is 40.4 Å². The highest BCUT2D eigenvalue weighted by Gasteiger charge is 2.25. The number of phenolic OH excluding ortho intramolecular Hbond substituents is 1. The lowest BCUT2D eigenvalue weighted by atomic mass is 10.1. The van der Waals surface area contributed by atoms with Crippen LogP contribution in [0.4, 0.5) is 0 Å². The summed E-state index contributed by atoms with van der Waals surface area (Å²) in [7, 11) is 1.47. The monoisotopic (exact) mass is 572 g/mol. The van der Waals surface area contributed by atoms with Crippen LogP contribution in [0.15, 0.2) is 24.3 Å². The highest BCUT2D eigenvalue weighted by atomic mass is 32.1. The maximum absolute atomic E-state index is 12.3. The van der Waals surface area contributed by atoms with Gasteiger partial charge in [-0.2, -0.15) is 4.98 Å². The lowest BCUT2D eigenvalue weighted by molar-refractivity contribution is -0.141. The van der Waals surface area contributed by atoms with E-state index >= 15 is 0 Å². The van der Waals surface area contributed by atoms with E-state index < -0.39 is 11.9 Å². The zero-order chi connectivity index (χ0) is 28.8. The summed E-state index contributed by atoms with van der Waals surface area (Å²) < 4.78 is 16.9. The summed E-state index contributed by atoms with van der Waals surface area (Å²) in [4.78, 5) is 53.0. The average Bonchev–Trinajstić information content (AvgIpc) is 3.53. The Bertz CT molecular complexity index is 1450. The number of fused-ring (bicyclic) bond motifs is 2. The largest absolute Gasteiger partial charge is 0.504 e. The second-order valence-corrected chi connectivity index (χ2v) is 10.1. The van der Waals surface area contributed by atoms with Crippen LogP contribution in [0.25, 0.3) is 10.2 Å². The first-order valence-electron chi connectivity index (χ1n) is 12.5. The van der Waals surface area contributed by atoms with E-state index in [1.54, 1.807) is 29.2 Å². The number of benzene rings is 1. The van der Waals surface area contributed by atoms with E-state index in [2.05, 4.69) is 4.98 Å². The summed E-state index contributed by atoms with van der Waals surface area (Å²) in [5.74, 6) is -1.74. The van der Waals surface area contributed by atoms with Crippen LogP contribution in [-0.2, 0) is 27.5 Å². The zero-order valence-corrected chi connectivity index (χ0v) is 22.5. The molecule has 0 bridgehead atoms. The normalized spacial score (nSPS) is 12.3. The third kappa shape index (κ3) is 6.97. The number of hydrogen-bond acceptors (Lipinski definition) is 10. The number of aliphatic carboxylic acids is 2. The van der Waals surface area contributed by atoms with Crippen molar-refractivity contribution in [3.8, 4) is 23.1 Å². The molecular formula is C27H28N2O10S. The molecule has 1 amide bonds. The number of methoxy groups -OCH3 is 1. The number of carbonyl (C=O) groups excluding carboxylic acids is 2. The molecule has 212 valence electrons. The van der Waals surface area contributed by atoms with E-state index in [9.17, 15) is 24.3 Å². The van der Waals surface area contributed by atoms with E-state index in [0.717, 1.165) is 22.5 Å². The maximum Gasteiger partial charge on any atom is 0.303 e. The number of pyridine rings is 1. The smallest absolute Gasteiger partial charge is 0.303 e. The first kappa shape index (κ1) is 28.6. The number of phenols is 1. The summed E-state index contributed by atoms with van der Waals surface area (Å²) >= 11 is 1.16. The fraction of sp³-hybridized carbons (Fsp3) is 0.370. The van der Waals surface area contributed by atoms with Crippen molar-refractivity contribution in [1.82, 2.24) is 9.88 Å². The Labute approximate surface area is 232 Å². The molecule has 3 heterocycles. The number of rotatable bonds is 14. The Morgan fingerprint density at radius 3 is 2.27 bits per heavy atom. The van der Waals surface area contributed by atoms with Crippen LogP contribution >= 0.6 is 11.3 Å². The third-order valence-corrected chi connectivity index (χ3v) is 7.28. The van der Waals surface area contributed by atoms with Gasteiger partial charge in [-0.1, -0.05) is 0 Å². The van der Waals surface area contributed by atoms with E-state index in [-0.39, 0.29) is 68.0 Å². The third-order valence-electron chi connectivity index (χ3n) is 6.20. The van der Waals surface area contributed by atoms with Gasteiger partial charge >= 0.3 is 11.9 Å². The van der Waals surface area contributed by atoms with Crippen LogP contribution in [0.1, 0.15) is 52.9 Å². The van der Waals surface area contributed by atoms with Gasteiger partial charge in [0.15, 0.2) is 23.0 Å². The Morgan fingerprint density at radius 1 is 0.900 bits per heavy atom. The number of amides is 1. The number of hydrogen-bond donors (Lipinski definition) is 3. The minimum atomic E-state index is -1.03. The minimum Gasteiger partial charge on any atom is -0.504 e. The van der Waals surface area contributed by atoms with Crippen LogP contribution in [0.5, 0.6) is 23.1 Å². The van der Waals surface area contributed by atoms with Crippen molar-refractivity contribution in [2.75, 3.05) is 20.3 Å². The summed E-state index contributed by atoms with van der Waals surface area (Å²) in [5.41, 5.74) is 1.61. The molecule has 3 N–H and O–H groups in total. The molecule has 3 aromatic rings. The molecule has 0 atom stereocenters. The summed E-state index contributed by atoms with van der Waals surface area (Å²) in [5, 5.41) is 28.6. The van der Waals surface area contributed by atoms with E-state index in [1.165, 1.54) is 7.11 Å². The molecular weight excluding hydrogens is 544 g/mol. The fourth-order valence-corrected chi connectivity index (χ4v) is 5.13. The first-order chi connectivity index (χ1) is 19.1. The number of ketones is 1. The molecule has 4 rings (SSSR count). The molecule has 1 aliphatic rings. The standard InChI is InChI=1S/C27H28N2O10S/c1-37-21-10-15-12-22(18(30)3-5-24(33)34)40-27(15)28-26(21)39-8-2-7-38-20-11-17-14-29(13-16(17)9-19(20)31)23(32)4-6-25(35)36/h9-12,31H,2-8,13-14H2,1H3,(H,33,34)(H,35,36). The van der Waals surface area contributed by atoms with Gasteiger partial charge in [0, 0.05) is 37.7 Å². The lowest BCUT2D eigenvalue weighted by Crippen LogP contribution is -2.25. The average molecular weight is 573 g/mol. The van der Waals surface area contributed by atoms with Crippen LogP contribution in [-0.4, -0.2) is 69.2 Å². The number of aromatic hydroxyl groups is 1. The zero-order valence-electron chi connectivity index (χ0n) is 21.7. The molecule has 0 radical (unpaired) electrons. The van der Waals surface area contributed by atoms with Crippen LogP contribution in [0.2, 0.25) is 0 Å². The molecule has 0 aliphatic carbocycles. The molecule has 2 aromatic heterocycles. The Morgan fingerprint density at radius 2 is 1.57 bits per heavy atom. The molecule has 0 saturated heterocycles. The van der Waals surface area contributed by atoms with Crippen molar-refractivity contribution in [3.05, 3.63) is 40.3 Å². The molecule has 0 saturated carbocycles. The van der Waals surface area contributed by atoms with Crippen molar-refractivity contribution in [3.63, 3.8) is 0 Å². The van der Waals surface area contributed by atoms with Gasteiger partial charge in [0.2, 0.25) is 5.91 Å². The van der Waals surface area contributed by atoms with Gasteiger partial charge < -0.3 is 34.4 Å². The van der Waals surface area contributed by atoms with E-state index in [4.69, 9.17) is 24.4 Å². The topological polar surface area (TPSA) is 173 Å². The number of carboxylic acid groups (broad SMARTS) is 2. The Hall–Kier alpha value is -4.39. The molecule has 0 unspecified atom stereocenters. The van der Waals surface area contributed by atoms with Crippen LogP contribution < -0.4 is 14.2 Å². The van der Waals surface area contributed by atoms with Gasteiger partial charge in [0.25, 0.3) is 5.88 Å². The molecule has 40 heavy (non-hydrogen) atoms. The Balaban J connectivity index is 1.30. The van der Waals surface area contributed by atoms with Crippen LogP contribution in [0, 0.1) is 0 Å². The van der Waals surface area contributed by atoms with Crippen LogP contribution in [0.3, 0.4) is 0 Å². The number of aromatic nitrogens is 1. The molecule has 0 fully saturated rings. The number of ether oxygens (including phenoxy) is 3. The quantitative estimate of drug-likeness (QED) is 0.190. The number of thiophene rings is 1. The number of carboxylic acids is 2. The SMILES string of the molecule is COc1cc2cc(C(=O)CCC(=O)O)sc2nc1OCCCOc1cc2c(cc1O)CN(C(=O)CCC(=O)O)C2. The summed E-state index contributed by atoms with van der Waals surface area (Å²) in [6, 6.07) is 6.60. The molecule has 12 nitrogen and oxygen atoms in total. The fourth-order valence-electron chi connectivity index (χ4n) is 4.16. The van der Waals surface area contributed by atoms with Gasteiger partial charge in [-0.05, 0) is 35.4 Å². The maximum atomic E-state index is 12.3. The number of carbonyl (C=O) groups is 4. The van der Waals surface area contributed by atoms with Gasteiger partial charge in [-0.25, -0.2) is 0 Å². The highest BCUT2D eigenvalue weighted by Crippen LogP contribution is 2.36. The molecule has 0 spiro atoms. The van der Waals surface area contributed by atoms with Gasteiger partial charge in [0.1, 0.15) is 4.83 Å². The van der Waals surface area contributed by atoms with E-state index in [1.807, 2.05) is 0 Å². The lowest BCUT2D eigenvalue weighted by Gasteiger charge is -2.14. The van der Waals surface area contributed by atoms with Gasteiger partial charge in [-0.3, -0.25) is 19.2 Å². The predicted molar refractivity (Wildman–Crippen MR) is 142 cm³/mol. The first-order valence-corrected chi connectivity index (χ1v) is 13.3. The Kier molecular flexibility index (Phi) is 9.04. The summed E-state index contributed by atoms with van der Waals surface area (Å²) in [6.07, 6.45) is -0.195. The van der Waals surface area contributed by atoms with Crippen molar-refractivity contribution in [1.29, 1.82) is 0 Å². The van der Waals surface area contributed by atoms with Crippen molar-refractivity contribution in [2.45, 2.75) is 45.2 Å².